The third-order valence-electron chi connectivity index (χ3n) is 3.27. The van der Waals surface area contributed by atoms with E-state index >= 15 is 0 Å². The molecule has 1 unspecified atom stereocenters. The van der Waals surface area contributed by atoms with Gasteiger partial charge in [-0.25, -0.2) is 0 Å². The standard InChI is InChI=1S/C14H22N2O2/c1-2-18-14-8-11(5-6-13(14)17)9-16-7-3-4-12(15)10-16/h5-6,8,12,17H,2-4,7,9-10,15H2,1H3. The van der Waals surface area contributed by atoms with E-state index in [1.54, 1.807) is 6.07 Å². The van der Waals surface area contributed by atoms with Crippen LogP contribution in [0.25, 0.3) is 0 Å². The van der Waals surface area contributed by atoms with Crippen LogP contribution in [0.1, 0.15) is 25.3 Å². The van der Waals surface area contributed by atoms with Gasteiger partial charge in [-0.1, -0.05) is 6.07 Å². The topological polar surface area (TPSA) is 58.7 Å². The quantitative estimate of drug-likeness (QED) is 0.854. The molecule has 0 aromatic heterocycles. The molecule has 4 nitrogen and oxygen atoms in total. The summed E-state index contributed by atoms with van der Waals surface area (Å²) in [6, 6.07) is 5.85. The Labute approximate surface area is 108 Å². The second-order valence-electron chi connectivity index (χ2n) is 4.87. The Balaban J connectivity index is 2.02. The fraction of sp³-hybridized carbons (Fsp3) is 0.571. The Hall–Kier alpha value is -1.26. The predicted molar refractivity (Wildman–Crippen MR) is 71.8 cm³/mol. The zero-order valence-electron chi connectivity index (χ0n) is 10.9. The van der Waals surface area contributed by atoms with Crippen LogP contribution in [-0.4, -0.2) is 35.7 Å². The Morgan fingerprint density at radius 2 is 2.33 bits per heavy atom. The third-order valence-corrected chi connectivity index (χ3v) is 3.27. The number of piperidine rings is 1. The van der Waals surface area contributed by atoms with E-state index in [9.17, 15) is 5.11 Å². The normalized spacial score (nSPS) is 20.9. The Kier molecular flexibility index (Phi) is 4.44. The van der Waals surface area contributed by atoms with Crippen molar-refractivity contribution in [2.24, 2.45) is 5.73 Å². The van der Waals surface area contributed by atoms with E-state index in [4.69, 9.17) is 10.5 Å². The number of phenols is 1. The van der Waals surface area contributed by atoms with Gasteiger partial charge in [0.15, 0.2) is 11.5 Å². The summed E-state index contributed by atoms with van der Waals surface area (Å²) in [6.45, 7) is 5.39. The SMILES string of the molecule is CCOc1cc(CN2CCCC(N)C2)ccc1O. The van der Waals surface area contributed by atoms with Gasteiger partial charge in [0.05, 0.1) is 6.61 Å². The number of hydrogen-bond donors (Lipinski definition) is 2. The number of benzene rings is 1. The lowest BCUT2D eigenvalue weighted by molar-refractivity contribution is 0.201. The molecule has 1 saturated heterocycles. The lowest BCUT2D eigenvalue weighted by Gasteiger charge is -2.30. The van der Waals surface area contributed by atoms with Crippen LogP contribution >= 0.6 is 0 Å². The number of nitrogens with zero attached hydrogens (tertiary/aromatic N) is 1. The van der Waals surface area contributed by atoms with Gasteiger partial charge in [0, 0.05) is 19.1 Å². The van der Waals surface area contributed by atoms with Gasteiger partial charge in [-0.15, -0.1) is 0 Å². The van der Waals surface area contributed by atoms with E-state index < -0.39 is 0 Å². The van der Waals surface area contributed by atoms with Crippen LogP contribution in [-0.2, 0) is 6.54 Å². The summed E-state index contributed by atoms with van der Waals surface area (Å²) in [5, 5.41) is 9.66. The molecule has 1 aliphatic rings. The summed E-state index contributed by atoms with van der Waals surface area (Å²) in [6.07, 6.45) is 2.29. The lowest BCUT2D eigenvalue weighted by atomic mass is 10.1. The number of hydrogen-bond acceptors (Lipinski definition) is 4. The molecule has 1 fully saturated rings. The highest BCUT2D eigenvalue weighted by molar-refractivity contribution is 5.41. The minimum Gasteiger partial charge on any atom is -0.504 e. The molecule has 1 aromatic rings. The fourth-order valence-electron chi connectivity index (χ4n) is 2.42. The molecule has 2 rings (SSSR count). The molecule has 0 radical (unpaired) electrons. The average Bonchev–Trinajstić information content (AvgIpc) is 2.34. The number of rotatable bonds is 4. The van der Waals surface area contributed by atoms with Gasteiger partial charge in [0.2, 0.25) is 0 Å². The molecule has 0 spiro atoms. The molecular formula is C14H22N2O2. The minimum absolute atomic E-state index is 0.205. The van der Waals surface area contributed by atoms with Crippen molar-refractivity contribution in [3.63, 3.8) is 0 Å². The van der Waals surface area contributed by atoms with E-state index in [1.165, 1.54) is 0 Å². The maximum absolute atomic E-state index is 9.66. The molecule has 0 amide bonds. The van der Waals surface area contributed by atoms with Crippen molar-refractivity contribution in [3.05, 3.63) is 23.8 Å². The molecular weight excluding hydrogens is 228 g/mol. The van der Waals surface area contributed by atoms with Crippen LogP contribution in [0.2, 0.25) is 0 Å². The Morgan fingerprint density at radius 1 is 1.50 bits per heavy atom. The molecule has 1 atom stereocenters. The largest absolute Gasteiger partial charge is 0.504 e. The number of phenolic OH excluding ortho intramolecular Hbond substituents is 1. The van der Waals surface area contributed by atoms with Crippen LogP contribution in [0.15, 0.2) is 18.2 Å². The van der Waals surface area contributed by atoms with E-state index in [2.05, 4.69) is 4.90 Å². The number of aromatic hydroxyl groups is 1. The zero-order chi connectivity index (χ0) is 13.0. The van der Waals surface area contributed by atoms with Crippen molar-refractivity contribution in [2.75, 3.05) is 19.7 Å². The van der Waals surface area contributed by atoms with Crippen LogP contribution in [0, 0.1) is 0 Å². The summed E-state index contributed by atoms with van der Waals surface area (Å²) < 4.78 is 5.39. The van der Waals surface area contributed by atoms with Gasteiger partial charge < -0.3 is 15.6 Å². The summed E-state index contributed by atoms with van der Waals surface area (Å²) in [5.74, 6) is 0.771. The first-order valence-corrected chi connectivity index (χ1v) is 6.61. The minimum atomic E-state index is 0.205. The lowest BCUT2D eigenvalue weighted by Crippen LogP contribution is -2.42. The third kappa shape index (κ3) is 3.37. The highest BCUT2D eigenvalue weighted by atomic mass is 16.5. The van der Waals surface area contributed by atoms with Crippen LogP contribution in [0.5, 0.6) is 11.5 Å². The molecule has 4 heteroatoms. The maximum atomic E-state index is 9.66. The first-order valence-electron chi connectivity index (χ1n) is 6.61. The van der Waals surface area contributed by atoms with Gasteiger partial charge in [-0.05, 0) is 44.0 Å². The van der Waals surface area contributed by atoms with Gasteiger partial charge in [-0.2, -0.15) is 0 Å². The molecule has 0 bridgehead atoms. The molecule has 1 aliphatic heterocycles. The monoisotopic (exact) mass is 250 g/mol. The van der Waals surface area contributed by atoms with Crippen molar-refractivity contribution in [3.8, 4) is 11.5 Å². The predicted octanol–water partition coefficient (Wildman–Crippen LogP) is 1.71. The summed E-state index contributed by atoms with van der Waals surface area (Å²) >= 11 is 0. The average molecular weight is 250 g/mol. The summed E-state index contributed by atoms with van der Waals surface area (Å²) in [4.78, 5) is 2.36. The second kappa shape index (κ2) is 6.07. The van der Waals surface area contributed by atoms with Crippen molar-refractivity contribution < 1.29 is 9.84 Å². The van der Waals surface area contributed by atoms with Crippen molar-refractivity contribution in [2.45, 2.75) is 32.4 Å². The highest BCUT2D eigenvalue weighted by Crippen LogP contribution is 2.27. The Bertz CT molecular complexity index is 395. The molecule has 100 valence electrons. The van der Waals surface area contributed by atoms with E-state index in [0.717, 1.165) is 38.0 Å². The molecule has 0 saturated carbocycles. The number of ether oxygens (including phenoxy) is 1. The highest BCUT2D eigenvalue weighted by Gasteiger charge is 2.17. The second-order valence-corrected chi connectivity index (χ2v) is 4.87. The zero-order valence-corrected chi connectivity index (χ0v) is 10.9. The van der Waals surface area contributed by atoms with Gasteiger partial charge >= 0.3 is 0 Å². The molecule has 3 N–H and O–H groups in total. The molecule has 1 heterocycles. The van der Waals surface area contributed by atoms with Crippen LogP contribution in [0.4, 0.5) is 0 Å². The number of nitrogens with two attached hydrogens (primary N) is 1. The Morgan fingerprint density at radius 3 is 3.06 bits per heavy atom. The molecule has 1 aromatic carbocycles. The summed E-state index contributed by atoms with van der Waals surface area (Å²) in [5.41, 5.74) is 7.13. The van der Waals surface area contributed by atoms with E-state index in [0.29, 0.717) is 18.4 Å². The van der Waals surface area contributed by atoms with Crippen LogP contribution in [0.3, 0.4) is 0 Å². The number of likely N-dealkylation sites (tertiary alicyclic amines) is 1. The van der Waals surface area contributed by atoms with E-state index in [1.807, 2.05) is 19.1 Å². The molecule has 0 aliphatic carbocycles. The van der Waals surface area contributed by atoms with Crippen molar-refractivity contribution in [1.29, 1.82) is 0 Å². The fourth-order valence-corrected chi connectivity index (χ4v) is 2.42. The van der Waals surface area contributed by atoms with Gasteiger partial charge in [0.1, 0.15) is 0 Å². The first-order chi connectivity index (χ1) is 8.69. The smallest absolute Gasteiger partial charge is 0.161 e. The maximum Gasteiger partial charge on any atom is 0.161 e. The molecule has 18 heavy (non-hydrogen) atoms. The summed E-state index contributed by atoms with van der Waals surface area (Å²) in [7, 11) is 0. The van der Waals surface area contributed by atoms with Crippen LogP contribution < -0.4 is 10.5 Å². The van der Waals surface area contributed by atoms with Gasteiger partial charge in [-0.3, -0.25) is 4.90 Å². The first kappa shape index (κ1) is 13.2. The van der Waals surface area contributed by atoms with Gasteiger partial charge in [0.25, 0.3) is 0 Å². The van der Waals surface area contributed by atoms with Crippen molar-refractivity contribution >= 4 is 0 Å². The van der Waals surface area contributed by atoms with E-state index in [-0.39, 0.29) is 5.75 Å². The van der Waals surface area contributed by atoms with Crippen molar-refractivity contribution in [1.82, 2.24) is 4.90 Å².